The van der Waals surface area contributed by atoms with Crippen LogP contribution in [0.25, 0.3) is 0 Å². The molecule has 9 heavy (non-hydrogen) atoms. The molecule has 1 aromatic rings. The zero-order chi connectivity index (χ0) is 6.85. The van der Waals surface area contributed by atoms with Crippen LogP contribution in [0.1, 0.15) is 11.4 Å². The van der Waals surface area contributed by atoms with Crippen LogP contribution in [0.15, 0.2) is 10.9 Å². The second kappa shape index (κ2) is 2.01. The lowest BCUT2D eigenvalue weighted by atomic mass is 10.4. The topological polar surface area (TPSA) is 45.8 Å². The van der Waals surface area contributed by atoms with Crippen molar-refractivity contribution >= 4 is 0 Å². The lowest BCUT2D eigenvalue weighted by Crippen LogP contribution is -2.11. The molecule has 0 saturated carbocycles. The molecule has 3 nitrogen and oxygen atoms in total. The third-order valence-electron chi connectivity index (χ3n) is 1.01. The summed E-state index contributed by atoms with van der Waals surface area (Å²) in [5.74, 6) is 0. The van der Waals surface area contributed by atoms with Crippen molar-refractivity contribution in [3.63, 3.8) is 0 Å². The van der Waals surface area contributed by atoms with Gasteiger partial charge >= 0.3 is 5.69 Å². The van der Waals surface area contributed by atoms with Gasteiger partial charge in [-0.1, -0.05) is 0 Å². The SMILES string of the molecule is Cc1cc(C)[15nH][13c](=O)[15n]1. The minimum Gasteiger partial charge on any atom is -0.310 e. The maximum atomic E-state index is 10.5. The van der Waals surface area contributed by atoms with E-state index in [9.17, 15) is 4.79 Å². The van der Waals surface area contributed by atoms with E-state index < -0.39 is 0 Å². The molecule has 0 fully saturated rings. The molecule has 0 unspecified atom stereocenters. The Hall–Kier alpha value is -1.12. The van der Waals surface area contributed by atoms with E-state index >= 15 is 0 Å². The van der Waals surface area contributed by atoms with Gasteiger partial charge < -0.3 is 4.98 Å². The minimum absolute atomic E-state index is 0.271. The van der Waals surface area contributed by atoms with E-state index in [0.29, 0.717) is 0 Å². The van der Waals surface area contributed by atoms with Crippen LogP contribution in [0.4, 0.5) is 0 Å². The van der Waals surface area contributed by atoms with Gasteiger partial charge in [-0.25, -0.2) is 4.79 Å². The predicted octanol–water partition coefficient (Wildman–Crippen LogP) is 0.387. The molecule has 0 aliphatic rings. The normalized spacial score (nSPS) is 9.56. The molecule has 3 heteroatoms. The summed E-state index contributed by atoms with van der Waals surface area (Å²) in [4.78, 5) is 16.7. The molecule has 0 spiro atoms. The van der Waals surface area contributed by atoms with Gasteiger partial charge in [-0.3, -0.25) is 0 Å². The summed E-state index contributed by atoms with van der Waals surface area (Å²) >= 11 is 0. The fraction of sp³-hybridized carbons (Fsp3) is 0.333. The molecule has 1 rings (SSSR count). The Morgan fingerprint density at radius 3 is 2.67 bits per heavy atom. The van der Waals surface area contributed by atoms with Crippen LogP contribution < -0.4 is 5.69 Å². The lowest BCUT2D eigenvalue weighted by molar-refractivity contribution is 0.988. The molecule has 1 N–H and O–H groups in total. The summed E-state index contributed by atoms with van der Waals surface area (Å²) < 4.78 is 0. The van der Waals surface area contributed by atoms with Crippen molar-refractivity contribution in [2.24, 2.45) is 0 Å². The number of hydrogen-bond acceptors (Lipinski definition) is 2. The van der Waals surface area contributed by atoms with Crippen molar-refractivity contribution < 1.29 is 0 Å². The number of rotatable bonds is 0. The van der Waals surface area contributed by atoms with Crippen LogP contribution in [-0.2, 0) is 0 Å². The molecule has 0 atom stereocenters. The van der Waals surface area contributed by atoms with Crippen LogP contribution in [0.2, 0.25) is 0 Å². The summed E-state index contributed by atoms with van der Waals surface area (Å²) in [7, 11) is 0. The monoisotopic (exact) mass is 127 g/mol. The van der Waals surface area contributed by atoms with E-state index in [4.69, 9.17) is 0 Å². The van der Waals surface area contributed by atoms with Crippen LogP contribution in [-0.4, -0.2) is 9.97 Å². The molecule has 48 valence electrons. The fourth-order valence-corrected chi connectivity index (χ4v) is 0.738. The Bertz CT molecular complexity index is 241. The van der Waals surface area contributed by atoms with Crippen molar-refractivity contribution in [1.82, 2.24) is 9.97 Å². The molecule has 1 aromatic heterocycles. The second-order valence-electron chi connectivity index (χ2n) is 2.01. The van der Waals surface area contributed by atoms with E-state index in [1.54, 1.807) is 6.92 Å². The molecule has 0 aromatic carbocycles. The summed E-state index contributed by atoms with van der Waals surface area (Å²) in [6.45, 7) is 3.62. The van der Waals surface area contributed by atoms with Gasteiger partial charge in [0.05, 0.1) is 0 Å². The van der Waals surface area contributed by atoms with E-state index in [-0.39, 0.29) is 5.69 Å². The van der Waals surface area contributed by atoms with E-state index in [1.165, 1.54) is 0 Å². The van der Waals surface area contributed by atoms with Gasteiger partial charge in [-0.2, -0.15) is 4.98 Å². The fourth-order valence-electron chi connectivity index (χ4n) is 0.738. The molecule has 0 amide bonds. The van der Waals surface area contributed by atoms with Crippen molar-refractivity contribution in [1.29, 1.82) is 0 Å². The highest BCUT2D eigenvalue weighted by molar-refractivity contribution is 5.03. The minimum atomic E-state index is -0.271. The highest BCUT2D eigenvalue weighted by Crippen LogP contribution is 1.88. The first kappa shape index (κ1) is 6.01. The van der Waals surface area contributed by atoms with Gasteiger partial charge in [-0.05, 0) is 19.9 Å². The Morgan fingerprint density at radius 1 is 1.56 bits per heavy atom. The Kier molecular flexibility index (Phi) is 1.34. The van der Waals surface area contributed by atoms with Crippen LogP contribution in [0.5, 0.6) is 0 Å². The standard InChI is InChI=1S/C6H8N2O/c1-4-3-5(2)8-6(9)7-4/h3H,1-2H3,(H,7,8,9)/i6+1,7+1,8+1. The first-order valence-corrected chi connectivity index (χ1v) is 2.73. The van der Waals surface area contributed by atoms with Crippen molar-refractivity contribution in [3.05, 3.63) is 27.9 Å². The molecule has 0 aliphatic heterocycles. The second-order valence-corrected chi connectivity index (χ2v) is 2.01. The van der Waals surface area contributed by atoms with Gasteiger partial charge in [-0.15, -0.1) is 0 Å². The Morgan fingerprint density at radius 2 is 2.22 bits per heavy atom. The first-order chi connectivity index (χ1) is 4.18. The number of aromatic nitrogens is 2. The number of aromatic amines is 1. The molecule has 0 radical (unpaired) electrons. The number of nitrogens with zero attached hydrogens (tertiary/aromatic N) is 1. The van der Waals surface area contributed by atoms with Crippen molar-refractivity contribution in [2.75, 3.05) is 0 Å². The lowest BCUT2D eigenvalue weighted by Gasteiger charge is -1.90. The van der Waals surface area contributed by atoms with Crippen LogP contribution in [0, 0.1) is 13.8 Å². The highest BCUT2D eigenvalue weighted by Gasteiger charge is 1.88. The van der Waals surface area contributed by atoms with E-state index in [0.717, 1.165) is 11.4 Å². The Balaban J connectivity index is 3.33. The average molecular weight is 127 g/mol. The first-order valence-electron chi connectivity index (χ1n) is 2.73. The van der Waals surface area contributed by atoms with Gasteiger partial charge in [0.25, 0.3) is 0 Å². The number of hydrogen-bond donors (Lipinski definition) is 1. The number of H-pyrrole nitrogens is 1. The quantitative estimate of drug-likeness (QED) is 0.547. The third kappa shape index (κ3) is 1.38. The number of nitrogens with one attached hydrogen (secondary N) is 1. The predicted molar refractivity (Wildman–Crippen MR) is 34.3 cm³/mol. The molecular formula is C6H8N2O. The highest BCUT2D eigenvalue weighted by atomic mass is 16.3. The van der Waals surface area contributed by atoms with Gasteiger partial charge in [0, 0.05) is 11.4 Å². The largest absolute Gasteiger partial charge is 0.345 e. The molecule has 0 saturated heterocycles. The zero-order valence-corrected chi connectivity index (χ0v) is 5.43. The summed E-state index contributed by atoms with van der Waals surface area (Å²) in [6.07, 6.45) is 0. The van der Waals surface area contributed by atoms with E-state index in [2.05, 4.69) is 9.97 Å². The molecule has 0 bridgehead atoms. The Labute approximate surface area is 52.8 Å². The third-order valence-corrected chi connectivity index (χ3v) is 1.01. The average Bonchev–Trinajstić information content (AvgIpc) is 1.59. The molecule has 0 aliphatic carbocycles. The molecule has 1 heterocycles. The summed E-state index contributed by atoms with van der Waals surface area (Å²) in [6, 6.07) is 1.82. The maximum Gasteiger partial charge on any atom is 0.345 e. The van der Waals surface area contributed by atoms with Gasteiger partial charge in [0.1, 0.15) is 0 Å². The van der Waals surface area contributed by atoms with Crippen molar-refractivity contribution in [2.45, 2.75) is 13.8 Å². The summed E-state index contributed by atoms with van der Waals surface area (Å²) in [5, 5.41) is 0. The van der Waals surface area contributed by atoms with Gasteiger partial charge in [0.15, 0.2) is 0 Å². The van der Waals surface area contributed by atoms with E-state index in [1.807, 2.05) is 13.0 Å². The maximum absolute atomic E-state index is 10.5. The van der Waals surface area contributed by atoms with Crippen LogP contribution >= 0.6 is 0 Å². The van der Waals surface area contributed by atoms with Crippen molar-refractivity contribution in [3.8, 4) is 0 Å². The van der Waals surface area contributed by atoms with Crippen LogP contribution in [0.3, 0.4) is 0 Å². The zero-order valence-electron chi connectivity index (χ0n) is 5.43. The summed E-state index contributed by atoms with van der Waals surface area (Å²) in [5.41, 5.74) is 1.34. The number of aryl methyl sites for hydroxylation is 2. The smallest absolute Gasteiger partial charge is 0.310 e. The molecular weight excluding hydrogens is 119 g/mol. The van der Waals surface area contributed by atoms with Gasteiger partial charge in [0.2, 0.25) is 0 Å².